The van der Waals surface area contributed by atoms with Gasteiger partial charge in [-0.15, -0.1) is 0 Å². The van der Waals surface area contributed by atoms with Crippen molar-refractivity contribution in [1.82, 2.24) is 0 Å². The standard InChI is InChI=1S/C9H18O3/c1-2-8(3-4-10)9-7-11-5-6-12-9/h8-10H,2-7H2,1H3. The lowest BCUT2D eigenvalue weighted by atomic mass is 9.96. The van der Waals surface area contributed by atoms with Crippen LogP contribution in [0.5, 0.6) is 0 Å². The number of aliphatic hydroxyl groups is 1. The van der Waals surface area contributed by atoms with Gasteiger partial charge in [-0.3, -0.25) is 0 Å². The van der Waals surface area contributed by atoms with Gasteiger partial charge >= 0.3 is 0 Å². The summed E-state index contributed by atoms with van der Waals surface area (Å²) in [4.78, 5) is 0. The molecule has 0 bridgehead atoms. The topological polar surface area (TPSA) is 38.7 Å². The largest absolute Gasteiger partial charge is 0.396 e. The lowest BCUT2D eigenvalue weighted by Crippen LogP contribution is -2.35. The summed E-state index contributed by atoms with van der Waals surface area (Å²) in [5, 5.41) is 8.80. The van der Waals surface area contributed by atoms with Crippen molar-refractivity contribution in [1.29, 1.82) is 0 Å². The fourth-order valence-corrected chi connectivity index (χ4v) is 1.60. The van der Waals surface area contributed by atoms with Crippen LogP contribution in [0, 0.1) is 5.92 Å². The molecule has 1 aliphatic heterocycles. The second-order valence-electron chi connectivity index (χ2n) is 3.16. The van der Waals surface area contributed by atoms with E-state index in [1.165, 1.54) is 0 Å². The molecule has 1 heterocycles. The van der Waals surface area contributed by atoms with Gasteiger partial charge in [-0.1, -0.05) is 13.3 Å². The Hall–Kier alpha value is -0.120. The molecule has 1 fully saturated rings. The first-order valence-corrected chi connectivity index (χ1v) is 4.68. The molecular weight excluding hydrogens is 156 g/mol. The van der Waals surface area contributed by atoms with Crippen LogP contribution in [0.2, 0.25) is 0 Å². The van der Waals surface area contributed by atoms with Crippen molar-refractivity contribution in [3.8, 4) is 0 Å². The summed E-state index contributed by atoms with van der Waals surface area (Å²) in [6.45, 7) is 4.48. The van der Waals surface area contributed by atoms with E-state index in [1.807, 2.05) is 0 Å². The number of aliphatic hydroxyl groups excluding tert-OH is 1. The van der Waals surface area contributed by atoms with Crippen LogP contribution < -0.4 is 0 Å². The highest BCUT2D eigenvalue weighted by Gasteiger charge is 2.22. The number of hydrogen-bond donors (Lipinski definition) is 1. The molecule has 12 heavy (non-hydrogen) atoms. The molecular formula is C9H18O3. The van der Waals surface area contributed by atoms with Gasteiger partial charge in [-0.05, 0) is 12.3 Å². The van der Waals surface area contributed by atoms with Crippen LogP contribution in [-0.4, -0.2) is 37.6 Å². The van der Waals surface area contributed by atoms with E-state index in [2.05, 4.69) is 6.92 Å². The molecule has 0 amide bonds. The average Bonchev–Trinajstić information content (AvgIpc) is 2.15. The molecule has 1 aliphatic rings. The summed E-state index contributed by atoms with van der Waals surface area (Å²) in [6, 6.07) is 0. The molecule has 0 saturated carbocycles. The number of rotatable bonds is 4. The normalized spacial score (nSPS) is 27.0. The van der Waals surface area contributed by atoms with E-state index >= 15 is 0 Å². The molecule has 3 heteroatoms. The molecule has 0 aromatic heterocycles. The maximum absolute atomic E-state index is 8.80. The molecule has 0 spiro atoms. The zero-order valence-electron chi connectivity index (χ0n) is 7.66. The van der Waals surface area contributed by atoms with Gasteiger partial charge in [0.2, 0.25) is 0 Å². The predicted octanol–water partition coefficient (Wildman–Crippen LogP) is 0.810. The van der Waals surface area contributed by atoms with E-state index in [0.717, 1.165) is 12.8 Å². The Morgan fingerprint density at radius 2 is 2.33 bits per heavy atom. The highest BCUT2D eigenvalue weighted by atomic mass is 16.6. The van der Waals surface area contributed by atoms with Crippen molar-refractivity contribution < 1.29 is 14.6 Å². The number of ether oxygens (including phenoxy) is 2. The molecule has 2 unspecified atom stereocenters. The zero-order valence-corrected chi connectivity index (χ0v) is 7.66. The molecule has 72 valence electrons. The monoisotopic (exact) mass is 174 g/mol. The quantitative estimate of drug-likeness (QED) is 0.685. The van der Waals surface area contributed by atoms with E-state index in [4.69, 9.17) is 14.6 Å². The van der Waals surface area contributed by atoms with Crippen molar-refractivity contribution in [2.45, 2.75) is 25.9 Å². The van der Waals surface area contributed by atoms with Crippen LogP contribution in [0.4, 0.5) is 0 Å². The van der Waals surface area contributed by atoms with E-state index < -0.39 is 0 Å². The third kappa shape index (κ3) is 2.73. The summed E-state index contributed by atoms with van der Waals surface area (Å²) >= 11 is 0. The van der Waals surface area contributed by atoms with E-state index in [-0.39, 0.29) is 12.7 Å². The Labute approximate surface area is 73.7 Å². The average molecular weight is 174 g/mol. The van der Waals surface area contributed by atoms with Crippen molar-refractivity contribution in [3.63, 3.8) is 0 Å². The second-order valence-corrected chi connectivity index (χ2v) is 3.16. The summed E-state index contributed by atoms with van der Waals surface area (Å²) in [5.74, 6) is 0.454. The van der Waals surface area contributed by atoms with E-state index in [0.29, 0.717) is 25.7 Å². The second kappa shape index (κ2) is 5.51. The molecule has 0 aliphatic carbocycles. The fraction of sp³-hybridized carbons (Fsp3) is 1.00. The van der Waals surface area contributed by atoms with Crippen LogP contribution in [0.15, 0.2) is 0 Å². The lowest BCUT2D eigenvalue weighted by Gasteiger charge is -2.29. The van der Waals surface area contributed by atoms with Crippen molar-refractivity contribution in [3.05, 3.63) is 0 Å². The SMILES string of the molecule is CCC(CCO)C1COCCO1. The van der Waals surface area contributed by atoms with Gasteiger partial charge < -0.3 is 14.6 Å². The maximum Gasteiger partial charge on any atom is 0.0838 e. The third-order valence-corrected chi connectivity index (χ3v) is 2.39. The number of hydrogen-bond acceptors (Lipinski definition) is 3. The minimum absolute atomic E-state index is 0.205. The zero-order chi connectivity index (χ0) is 8.81. The van der Waals surface area contributed by atoms with Crippen LogP contribution in [-0.2, 0) is 9.47 Å². The molecule has 1 rings (SSSR count). The Morgan fingerprint density at radius 3 is 2.83 bits per heavy atom. The molecule has 0 aromatic carbocycles. The summed E-state index contributed by atoms with van der Waals surface area (Å²) in [6.07, 6.45) is 2.08. The maximum atomic E-state index is 8.80. The Kier molecular flexibility index (Phi) is 4.58. The molecule has 3 nitrogen and oxygen atoms in total. The van der Waals surface area contributed by atoms with Gasteiger partial charge in [0, 0.05) is 6.61 Å². The minimum atomic E-state index is 0.205. The van der Waals surface area contributed by atoms with Crippen molar-refractivity contribution >= 4 is 0 Å². The first-order chi connectivity index (χ1) is 5.88. The van der Waals surface area contributed by atoms with Crippen molar-refractivity contribution in [2.75, 3.05) is 26.4 Å². The van der Waals surface area contributed by atoms with Crippen LogP contribution in [0.1, 0.15) is 19.8 Å². The van der Waals surface area contributed by atoms with Crippen molar-refractivity contribution in [2.24, 2.45) is 5.92 Å². The first kappa shape index (κ1) is 9.96. The minimum Gasteiger partial charge on any atom is -0.396 e. The highest BCUT2D eigenvalue weighted by molar-refractivity contribution is 4.70. The summed E-state index contributed by atoms with van der Waals surface area (Å²) < 4.78 is 10.9. The van der Waals surface area contributed by atoms with Gasteiger partial charge in [0.15, 0.2) is 0 Å². The van der Waals surface area contributed by atoms with Gasteiger partial charge in [0.1, 0.15) is 0 Å². The van der Waals surface area contributed by atoms with Gasteiger partial charge in [-0.25, -0.2) is 0 Å². The molecule has 1 N–H and O–H groups in total. The van der Waals surface area contributed by atoms with E-state index in [9.17, 15) is 0 Å². The predicted molar refractivity (Wildman–Crippen MR) is 46.0 cm³/mol. The summed E-state index contributed by atoms with van der Waals surface area (Å²) in [5.41, 5.74) is 0. The van der Waals surface area contributed by atoms with E-state index in [1.54, 1.807) is 0 Å². The first-order valence-electron chi connectivity index (χ1n) is 4.68. The van der Waals surface area contributed by atoms with Crippen LogP contribution >= 0.6 is 0 Å². The van der Waals surface area contributed by atoms with Gasteiger partial charge in [-0.2, -0.15) is 0 Å². The smallest absolute Gasteiger partial charge is 0.0838 e. The molecule has 2 atom stereocenters. The summed E-state index contributed by atoms with van der Waals surface area (Å²) in [7, 11) is 0. The lowest BCUT2D eigenvalue weighted by molar-refractivity contribution is -0.114. The Morgan fingerprint density at radius 1 is 1.50 bits per heavy atom. The van der Waals surface area contributed by atoms with Crippen LogP contribution in [0.3, 0.4) is 0 Å². The van der Waals surface area contributed by atoms with Crippen LogP contribution in [0.25, 0.3) is 0 Å². The van der Waals surface area contributed by atoms with Gasteiger partial charge in [0.25, 0.3) is 0 Å². The Bertz CT molecular complexity index is 108. The van der Waals surface area contributed by atoms with Gasteiger partial charge in [0.05, 0.1) is 25.9 Å². The Balaban J connectivity index is 2.29. The molecule has 1 saturated heterocycles. The third-order valence-electron chi connectivity index (χ3n) is 2.39. The molecule has 0 radical (unpaired) electrons. The molecule has 0 aromatic rings. The fourth-order valence-electron chi connectivity index (χ4n) is 1.60. The highest BCUT2D eigenvalue weighted by Crippen LogP contribution is 2.18.